The van der Waals surface area contributed by atoms with Crippen LogP contribution in [0.2, 0.25) is 5.02 Å². The van der Waals surface area contributed by atoms with Gasteiger partial charge < -0.3 is 5.73 Å². The predicted octanol–water partition coefficient (Wildman–Crippen LogP) is 4.05. The summed E-state index contributed by atoms with van der Waals surface area (Å²) in [4.78, 5) is 0. The van der Waals surface area contributed by atoms with E-state index < -0.39 is 11.6 Å². The van der Waals surface area contributed by atoms with E-state index in [-0.39, 0.29) is 5.56 Å². The summed E-state index contributed by atoms with van der Waals surface area (Å²) < 4.78 is 28.1. The Kier molecular flexibility index (Phi) is 3.35. The molecule has 21 heavy (non-hydrogen) atoms. The lowest BCUT2D eigenvalue weighted by atomic mass is 10.1. The van der Waals surface area contributed by atoms with Gasteiger partial charge in [-0.3, -0.25) is 0 Å². The van der Waals surface area contributed by atoms with E-state index in [0.717, 1.165) is 6.07 Å². The molecule has 3 nitrogen and oxygen atoms in total. The average molecular weight is 306 g/mol. The second kappa shape index (κ2) is 5.18. The molecule has 3 aromatic rings. The number of nitrogens with two attached hydrogens (primary N) is 1. The Morgan fingerprint density at radius 2 is 1.71 bits per heavy atom. The van der Waals surface area contributed by atoms with Crippen LogP contribution in [-0.4, -0.2) is 9.78 Å². The smallest absolute Gasteiger partial charge is 0.126 e. The average Bonchev–Trinajstić information content (AvgIpc) is 2.80. The molecule has 1 heterocycles. The van der Waals surface area contributed by atoms with E-state index in [2.05, 4.69) is 5.10 Å². The topological polar surface area (TPSA) is 43.8 Å². The molecule has 0 saturated carbocycles. The molecule has 0 bridgehead atoms. The van der Waals surface area contributed by atoms with Crippen molar-refractivity contribution in [2.45, 2.75) is 0 Å². The van der Waals surface area contributed by atoms with E-state index in [1.165, 1.54) is 16.8 Å². The normalized spacial score (nSPS) is 10.8. The highest BCUT2D eigenvalue weighted by molar-refractivity contribution is 6.32. The first kappa shape index (κ1) is 13.6. The maximum Gasteiger partial charge on any atom is 0.126 e. The van der Waals surface area contributed by atoms with Gasteiger partial charge in [0, 0.05) is 11.6 Å². The van der Waals surface area contributed by atoms with E-state index in [1.807, 2.05) is 0 Å². The molecule has 0 radical (unpaired) electrons. The van der Waals surface area contributed by atoms with E-state index in [1.54, 1.807) is 30.5 Å². The Morgan fingerprint density at radius 1 is 1.05 bits per heavy atom. The number of hydrogen-bond donors (Lipinski definition) is 1. The highest BCUT2D eigenvalue weighted by Crippen LogP contribution is 2.28. The third kappa shape index (κ3) is 2.60. The highest BCUT2D eigenvalue weighted by atomic mass is 35.5. The van der Waals surface area contributed by atoms with Gasteiger partial charge in [0.15, 0.2) is 0 Å². The molecular formula is C15H10ClF2N3. The molecule has 0 fully saturated rings. The zero-order valence-corrected chi connectivity index (χ0v) is 11.5. The van der Waals surface area contributed by atoms with Gasteiger partial charge >= 0.3 is 0 Å². The SMILES string of the molecule is Nc1cn(-c2ccccc2Cl)nc1-c1cc(F)cc(F)c1. The van der Waals surface area contributed by atoms with E-state index in [9.17, 15) is 8.78 Å². The Balaban J connectivity index is 2.12. The van der Waals surface area contributed by atoms with Gasteiger partial charge in [-0.2, -0.15) is 5.10 Å². The van der Waals surface area contributed by atoms with Crippen LogP contribution in [0.3, 0.4) is 0 Å². The van der Waals surface area contributed by atoms with E-state index in [0.29, 0.717) is 22.1 Å². The number of nitrogens with zero attached hydrogens (tertiary/aromatic N) is 2. The minimum atomic E-state index is -0.684. The molecule has 6 heteroatoms. The van der Waals surface area contributed by atoms with Crippen LogP contribution in [-0.2, 0) is 0 Å². The summed E-state index contributed by atoms with van der Waals surface area (Å²) in [5.74, 6) is -1.37. The van der Waals surface area contributed by atoms with Gasteiger partial charge in [-0.05, 0) is 24.3 Å². The zero-order chi connectivity index (χ0) is 15.0. The van der Waals surface area contributed by atoms with Crippen molar-refractivity contribution in [2.24, 2.45) is 0 Å². The summed E-state index contributed by atoms with van der Waals surface area (Å²) in [6.45, 7) is 0. The van der Waals surface area contributed by atoms with Crippen LogP contribution in [0.1, 0.15) is 0 Å². The molecule has 0 aliphatic rings. The number of rotatable bonds is 2. The lowest BCUT2D eigenvalue weighted by Gasteiger charge is -2.03. The Labute approximate surface area is 124 Å². The van der Waals surface area contributed by atoms with Crippen LogP contribution in [0.4, 0.5) is 14.5 Å². The van der Waals surface area contributed by atoms with Crippen molar-refractivity contribution >= 4 is 17.3 Å². The van der Waals surface area contributed by atoms with Crippen molar-refractivity contribution in [3.63, 3.8) is 0 Å². The third-order valence-electron chi connectivity index (χ3n) is 2.98. The lowest BCUT2D eigenvalue weighted by Crippen LogP contribution is -1.95. The van der Waals surface area contributed by atoms with E-state index >= 15 is 0 Å². The molecule has 0 amide bonds. The van der Waals surface area contributed by atoms with Gasteiger partial charge in [-0.15, -0.1) is 0 Å². The van der Waals surface area contributed by atoms with Crippen LogP contribution < -0.4 is 5.73 Å². The monoisotopic (exact) mass is 305 g/mol. The highest BCUT2D eigenvalue weighted by Gasteiger charge is 2.13. The van der Waals surface area contributed by atoms with Crippen LogP contribution in [0.15, 0.2) is 48.7 Å². The molecule has 2 aromatic carbocycles. The van der Waals surface area contributed by atoms with Crippen molar-refractivity contribution in [1.29, 1.82) is 0 Å². The number of para-hydroxylation sites is 1. The van der Waals surface area contributed by atoms with Crippen LogP contribution in [0.25, 0.3) is 16.9 Å². The summed E-state index contributed by atoms with van der Waals surface area (Å²) in [7, 11) is 0. The van der Waals surface area contributed by atoms with Gasteiger partial charge in [0.05, 0.1) is 22.6 Å². The second-order valence-corrected chi connectivity index (χ2v) is 4.89. The number of benzene rings is 2. The molecule has 106 valence electrons. The Hall–Kier alpha value is -2.40. The largest absolute Gasteiger partial charge is 0.396 e. The van der Waals surface area contributed by atoms with Crippen molar-refractivity contribution in [1.82, 2.24) is 9.78 Å². The van der Waals surface area contributed by atoms with Gasteiger partial charge in [0.2, 0.25) is 0 Å². The van der Waals surface area contributed by atoms with Crippen molar-refractivity contribution < 1.29 is 8.78 Å². The van der Waals surface area contributed by atoms with Crippen molar-refractivity contribution in [2.75, 3.05) is 5.73 Å². The molecule has 0 spiro atoms. The fourth-order valence-corrected chi connectivity index (χ4v) is 2.29. The fourth-order valence-electron chi connectivity index (χ4n) is 2.06. The number of halogens is 3. The van der Waals surface area contributed by atoms with Crippen LogP contribution in [0, 0.1) is 11.6 Å². The fraction of sp³-hybridized carbons (Fsp3) is 0. The molecular weight excluding hydrogens is 296 g/mol. The summed E-state index contributed by atoms with van der Waals surface area (Å²) >= 11 is 6.10. The molecule has 0 saturated heterocycles. The van der Waals surface area contributed by atoms with E-state index in [4.69, 9.17) is 17.3 Å². The summed E-state index contributed by atoms with van der Waals surface area (Å²) in [5.41, 5.74) is 7.40. The Bertz CT molecular complexity index is 794. The first-order valence-corrected chi connectivity index (χ1v) is 6.49. The standard InChI is InChI=1S/C15H10ClF2N3/c16-12-3-1-2-4-14(12)21-8-13(19)15(20-21)9-5-10(17)7-11(18)6-9/h1-8H,19H2. The van der Waals surface area contributed by atoms with Gasteiger partial charge in [0.25, 0.3) is 0 Å². The zero-order valence-electron chi connectivity index (χ0n) is 10.7. The minimum Gasteiger partial charge on any atom is -0.396 e. The lowest BCUT2D eigenvalue weighted by molar-refractivity contribution is 0.584. The van der Waals surface area contributed by atoms with Crippen molar-refractivity contribution in [3.05, 3.63) is 65.3 Å². The maximum absolute atomic E-state index is 13.3. The molecule has 0 aliphatic carbocycles. The maximum atomic E-state index is 13.3. The summed E-state index contributed by atoms with van der Waals surface area (Å²) in [5, 5.41) is 4.76. The third-order valence-corrected chi connectivity index (χ3v) is 3.30. The molecule has 0 aliphatic heterocycles. The number of hydrogen-bond acceptors (Lipinski definition) is 2. The molecule has 3 rings (SSSR count). The number of nitrogen functional groups attached to an aromatic ring is 1. The molecule has 0 atom stereocenters. The van der Waals surface area contributed by atoms with Gasteiger partial charge in [-0.25, -0.2) is 13.5 Å². The predicted molar refractivity (Wildman–Crippen MR) is 78.3 cm³/mol. The molecule has 2 N–H and O–H groups in total. The quantitative estimate of drug-likeness (QED) is 0.776. The van der Waals surface area contributed by atoms with Crippen molar-refractivity contribution in [3.8, 4) is 16.9 Å². The molecule has 0 unspecified atom stereocenters. The number of anilines is 1. The first-order chi connectivity index (χ1) is 10.0. The minimum absolute atomic E-state index is 0.274. The van der Waals surface area contributed by atoms with Gasteiger partial charge in [-0.1, -0.05) is 23.7 Å². The van der Waals surface area contributed by atoms with Crippen LogP contribution in [0.5, 0.6) is 0 Å². The number of aromatic nitrogens is 2. The first-order valence-electron chi connectivity index (χ1n) is 6.11. The molecule has 1 aromatic heterocycles. The Morgan fingerprint density at radius 3 is 2.38 bits per heavy atom. The second-order valence-electron chi connectivity index (χ2n) is 4.49. The van der Waals surface area contributed by atoms with Gasteiger partial charge in [0.1, 0.15) is 17.3 Å². The summed E-state index contributed by atoms with van der Waals surface area (Å²) in [6, 6.07) is 10.2. The van der Waals surface area contributed by atoms with Crippen LogP contribution >= 0.6 is 11.6 Å². The summed E-state index contributed by atoms with van der Waals surface area (Å²) in [6.07, 6.45) is 1.55.